The summed E-state index contributed by atoms with van der Waals surface area (Å²) in [7, 11) is 4.01. The molecular weight excluding hydrogens is 242 g/mol. The number of hydrogen-bond acceptors (Lipinski definition) is 3. The van der Waals surface area contributed by atoms with Crippen molar-refractivity contribution in [1.29, 1.82) is 0 Å². The lowest BCUT2D eigenvalue weighted by Gasteiger charge is -2.11. The second kappa shape index (κ2) is 5.65. The monoisotopic (exact) mass is 257 g/mol. The van der Waals surface area contributed by atoms with Crippen LogP contribution in [0.15, 0.2) is 47.9 Å². The zero-order valence-electron chi connectivity index (χ0n) is 10.5. The molecule has 0 aliphatic rings. The predicted molar refractivity (Wildman–Crippen MR) is 78.5 cm³/mol. The van der Waals surface area contributed by atoms with Crippen molar-refractivity contribution in [3.8, 4) is 0 Å². The van der Waals surface area contributed by atoms with Gasteiger partial charge in [-0.15, -0.1) is 11.3 Å². The van der Waals surface area contributed by atoms with E-state index in [0.717, 1.165) is 16.1 Å². The number of rotatable bonds is 4. The van der Waals surface area contributed by atoms with Gasteiger partial charge in [0.05, 0.1) is 4.88 Å². The molecule has 3 heteroatoms. The van der Waals surface area contributed by atoms with Crippen molar-refractivity contribution in [2.75, 3.05) is 19.0 Å². The van der Waals surface area contributed by atoms with Crippen molar-refractivity contribution >= 4 is 28.9 Å². The Labute approximate surface area is 111 Å². The van der Waals surface area contributed by atoms with Gasteiger partial charge in [0, 0.05) is 19.8 Å². The molecule has 0 unspecified atom stereocenters. The number of allylic oxidation sites excluding steroid dienone is 1. The molecule has 0 N–H and O–H groups in total. The molecule has 0 radical (unpaired) electrons. The van der Waals surface area contributed by atoms with E-state index < -0.39 is 0 Å². The minimum atomic E-state index is 0.0571. The lowest BCUT2D eigenvalue weighted by molar-refractivity contribution is 0.105. The van der Waals surface area contributed by atoms with E-state index in [1.165, 1.54) is 11.3 Å². The van der Waals surface area contributed by atoms with Crippen LogP contribution in [0.3, 0.4) is 0 Å². The normalized spacial score (nSPS) is 10.8. The summed E-state index contributed by atoms with van der Waals surface area (Å²) >= 11 is 1.47. The van der Waals surface area contributed by atoms with Crippen LogP contribution in [0, 0.1) is 0 Å². The Bertz CT molecular complexity index is 538. The number of carbonyl (C=O) groups is 1. The van der Waals surface area contributed by atoms with Gasteiger partial charge in [-0.25, -0.2) is 0 Å². The summed E-state index contributed by atoms with van der Waals surface area (Å²) < 4.78 is 0. The average molecular weight is 257 g/mol. The fraction of sp³-hybridized carbons (Fsp3) is 0.133. The molecule has 92 valence electrons. The number of ketones is 1. The molecule has 0 aliphatic heterocycles. The minimum absolute atomic E-state index is 0.0571. The molecule has 2 aromatic rings. The molecule has 0 bridgehead atoms. The van der Waals surface area contributed by atoms with Gasteiger partial charge in [0.25, 0.3) is 0 Å². The maximum atomic E-state index is 11.8. The standard InChI is InChI=1S/C15H15NOS/c1-16(2)13-8-5-12(6-9-13)7-10-14(17)15-4-3-11-18-15/h3-11H,1-2H3. The molecule has 1 heterocycles. The summed E-state index contributed by atoms with van der Waals surface area (Å²) in [6, 6.07) is 11.8. The zero-order valence-corrected chi connectivity index (χ0v) is 11.3. The van der Waals surface area contributed by atoms with E-state index in [1.54, 1.807) is 6.08 Å². The maximum Gasteiger partial charge on any atom is 0.195 e. The second-order valence-electron chi connectivity index (χ2n) is 4.16. The molecule has 1 aromatic heterocycles. The first-order chi connectivity index (χ1) is 8.66. The lowest BCUT2D eigenvalue weighted by Crippen LogP contribution is -2.07. The van der Waals surface area contributed by atoms with E-state index in [0.29, 0.717) is 0 Å². The van der Waals surface area contributed by atoms with Crippen LogP contribution in [-0.2, 0) is 0 Å². The van der Waals surface area contributed by atoms with Crippen molar-refractivity contribution in [3.63, 3.8) is 0 Å². The van der Waals surface area contributed by atoms with Crippen molar-refractivity contribution in [2.24, 2.45) is 0 Å². The predicted octanol–water partition coefficient (Wildman–Crippen LogP) is 3.71. The summed E-state index contributed by atoms with van der Waals surface area (Å²) in [5, 5.41) is 1.91. The largest absolute Gasteiger partial charge is 0.378 e. The van der Waals surface area contributed by atoms with E-state index in [9.17, 15) is 4.79 Å². The van der Waals surface area contributed by atoms with Crippen LogP contribution in [-0.4, -0.2) is 19.9 Å². The Kier molecular flexibility index (Phi) is 3.95. The van der Waals surface area contributed by atoms with Crippen LogP contribution in [0.2, 0.25) is 0 Å². The van der Waals surface area contributed by atoms with E-state index in [2.05, 4.69) is 0 Å². The van der Waals surface area contributed by atoms with Gasteiger partial charge < -0.3 is 4.90 Å². The summed E-state index contributed by atoms with van der Waals surface area (Å²) in [4.78, 5) is 14.6. The molecule has 0 aliphatic carbocycles. The quantitative estimate of drug-likeness (QED) is 0.614. The molecule has 1 aromatic carbocycles. The van der Waals surface area contributed by atoms with E-state index in [4.69, 9.17) is 0 Å². The van der Waals surface area contributed by atoms with E-state index in [-0.39, 0.29) is 5.78 Å². The average Bonchev–Trinajstić information content (AvgIpc) is 2.90. The third-order valence-electron chi connectivity index (χ3n) is 2.60. The first-order valence-corrected chi connectivity index (χ1v) is 6.58. The summed E-state index contributed by atoms with van der Waals surface area (Å²) in [5.74, 6) is 0.0571. The maximum absolute atomic E-state index is 11.8. The molecule has 0 saturated heterocycles. The van der Waals surface area contributed by atoms with Crippen LogP contribution in [0.4, 0.5) is 5.69 Å². The molecule has 0 amide bonds. The first kappa shape index (κ1) is 12.6. The number of anilines is 1. The molecule has 0 fully saturated rings. The highest BCUT2D eigenvalue weighted by Gasteiger charge is 2.01. The smallest absolute Gasteiger partial charge is 0.195 e. The van der Waals surface area contributed by atoms with Gasteiger partial charge in [-0.3, -0.25) is 4.79 Å². The van der Waals surface area contributed by atoms with Crippen LogP contribution in [0.1, 0.15) is 15.2 Å². The van der Waals surface area contributed by atoms with Crippen molar-refractivity contribution < 1.29 is 4.79 Å². The highest BCUT2D eigenvalue weighted by atomic mass is 32.1. The highest BCUT2D eigenvalue weighted by Crippen LogP contribution is 2.14. The fourth-order valence-electron chi connectivity index (χ4n) is 1.56. The topological polar surface area (TPSA) is 20.3 Å². The van der Waals surface area contributed by atoms with Gasteiger partial charge in [0.15, 0.2) is 5.78 Å². The van der Waals surface area contributed by atoms with Gasteiger partial charge in [0.1, 0.15) is 0 Å². The van der Waals surface area contributed by atoms with Crippen molar-refractivity contribution in [3.05, 3.63) is 58.3 Å². The SMILES string of the molecule is CN(C)c1ccc(C=CC(=O)c2cccs2)cc1. The second-order valence-corrected chi connectivity index (χ2v) is 5.11. The Balaban J connectivity index is 2.07. The Morgan fingerprint density at radius 3 is 2.44 bits per heavy atom. The van der Waals surface area contributed by atoms with Crippen molar-refractivity contribution in [2.45, 2.75) is 0 Å². The number of carbonyl (C=O) groups excluding carboxylic acids is 1. The van der Waals surface area contributed by atoms with Gasteiger partial charge >= 0.3 is 0 Å². The molecular formula is C15H15NOS. The van der Waals surface area contributed by atoms with E-state index >= 15 is 0 Å². The van der Waals surface area contributed by atoms with Crippen LogP contribution >= 0.6 is 11.3 Å². The summed E-state index contributed by atoms with van der Waals surface area (Å²) in [6.45, 7) is 0. The zero-order chi connectivity index (χ0) is 13.0. The van der Waals surface area contributed by atoms with Gasteiger partial charge in [-0.2, -0.15) is 0 Å². The number of nitrogens with zero attached hydrogens (tertiary/aromatic N) is 1. The van der Waals surface area contributed by atoms with Crippen LogP contribution < -0.4 is 4.90 Å². The summed E-state index contributed by atoms with van der Waals surface area (Å²) in [5.41, 5.74) is 2.18. The Hall–Kier alpha value is -1.87. The van der Waals surface area contributed by atoms with Gasteiger partial charge in [-0.1, -0.05) is 24.3 Å². The van der Waals surface area contributed by atoms with E-state index in [1.807, 2.05) is 66.8 Å². The molecule has 2 nitrogen and oxygen atoms in total. The Morgan fingerprint density at radius 1 is 1.17 bits per heavy atom. The third-order valence-corrected chi connectivity index (χ3v) is 3.49. The number of benzene rings is 1. The molecule has 0 saturated carbocycles. The molecule has 18 heavy (non-hydrogen) atoms. The fourth-order valence-corrected chi connectivity index (χ4v) is 2.20. The lowest BCUT2D eigenvalue weighted by atomic mass is 10.1. The number of thiophene rings is 1. The number of hydrogen-bond donors (Lipinski definition) is 0. The third kappa shape index (κ3) is 3.08. The summed E-state index contributed by atoms with van der Waals surface area (Å²) in [6.07, 6.45) is 3.47. The first-order valence-electron chi connectivity index (χ1n) is 5.70. The van der Waals surface area contributed by atoms with Gasteiger partial charge in [0.2, 0.25) is 0 Å². The van der Waals surface area contributed by atoms with Crippen molar-refractivity contribution in [1.82, 2.24) is 0 Å². The van der Waals surface area contributed by atoms with Gasteiger partial charge in [-0.05, 0) is 35.2 Å². The Morgan fingerprint density at radius 2 is 1.89 bits per heavy atom. The van der Waals surface area contributed by atoms with Crippen LogP contribution in [0.25, 0.3) is 6.08 Å². The van der Waals surface area contributed by atoms with Crippen LogP contribution in [0.5, 0.6) is 0 Å². The molecule has 0 atom stereocenters. The minimum Gasteiger partial charge on any atom is -0.378 e. The molecule has 0 spiro atoms. The highest BCUT2D eigenvalue weighted by molar-refractivity contribution is 7.12. The molecule has 2 rings (SSSR count).